The average molecular weight is 384 g/mol. The van der Waals surface area contributed by atoms with E-state index >= 15 is 0 Å². The van der Waals surface area contributed by atoms with E-state index in [1.165, 1.54) is 0 Å². The number of carboxylic acids is 1. The summed E-state index contributed by atoms with van der Waals surface area (Å²) in [7, 11) is 0. The van der Waals surface area contributed by atoms with Gasteiger partial charge in [-0.05, 0) is 25.1 Å². The molecule has 148 valence electrons. The molecule has 2 aromatic rings. The van der Waals surface area contributed by atoms with Crippen molar-refractivity contribution in [1.29, 1.82) is 0 Å². The maximum absolute atomic E-state index is 11.5. The van der Waals surface area contributed by atoms with E-state index in [4.69, 9.17) is 19.3 Å². The Morgan fingerprint density at radius 1 is 1.00 bits per heavy atom. The zero-order valence-corrected chi connectivity index (χ0v) is 15.8. The van der Waals surface area contributed by atoms with Crippen LogP contribution < -0.4 is 4.74 Å². The van der Waals surface area contributed by atoms with Crippen LogP contribution in [0.2, 0.25) is 0 Å². The molecule has 0 aliphatic rings. The zero-order chi connectivity index (χ0) is 20.8. The maximum atomic E-state index is 11.5. The quantitative estimate of drug-likeness (QED) is 0.304. The highest BCUT2D eigenvalue weighted by atomic mass is 16.6. The maximum Gasteiger partial charge on any atom is 0.373 e. The Balaban J connectivity index is 0.000000696. The molecule has 0 aliphatic carbocycles. The number of ether oxygens (including phenoxy) is 3. The summed E-state index contributed by atoms with van der Waals surface area (Å²) in [5.41, 5.74) is 2.07. The second kappa shape index (κ2) is 12.8. The first kappa shape index (κ1) is 22.5. The van der Waals surface area contributed by atoms with E-state index in [0.29, 0.717) is 6.61 Å². The van der Waals surface area contributed by atoms with Gasteiger partial charge in [0, 0.05) is 11.6 Å². The van der Waals surface area contributed by atoms with Crippen molar-refractivity contribution in [3.8, 4) is 16.9 Å². The molecule has 0 radical (unpaired) electrons. The molecule has 2 aromatic carbocycles. The van der Waals surface area contributed by atoms with Crippen LogP contribution in [0.25, 0.3) is 11.1 Å². The van der Waals surface area contributed by atoms with Crippen LogP contribution in [0, 0.1) is 0 Å². The van der Waals surface area contributed by atoms with Crippen molar-refractivity contribution in [2.24, 2.45) is 0 Å². The Kier molecular flexibility index (Phi) is 10.3. The summed E-state index contributed by atoms with van der Waals surface area (Å²) in [6.07, 6.45) is 0.833. The summed E-state index contributed by atoms with van der Waals surface area (Å²) in [6, 6.07) is 17.7. The lowest BCUT2D eigenvalue weighted by atomic mass is 10.1. The molecule has 0 saturated carbocycles. The third kappa shape index (κ3) is 8.23. The Morgan fingerprint density at radius 3 is 2.21 bits per heavy atom. The van der Waals surface area contributed by atoms with Gasteiger partial charge in [-0.1, -0.05) is 55.1 Å². The second-order valence-corrected chi connectivity index (χ2v) is 5.25. The van der Waals surface area contributed by atoms with Gasteiger partial charge < -0.3 is 19.3 Å². The van der Waals surface area contributed by atoms with E-state index in [0.717, 1.165) is 23.0 Å². The van der Waals surface area contributed by atoms with E-state index in [1.807, 2.05) is 54.6 Å². The number of rotatable bonds is 9. The molecule has 0 fully saturated rings. The summed E-state index contributed by atoms with van der Waals surface area (Å²) in [6.45, 7) is 9.01. The first-order chi connectivity index (χ1) is 13.5. The highest BCUT2D eigenvalue weighted by molar-refractivity contribution is 5.85. The minimum Gasteiger partial charge on any atom is -0.489 e. The highest BCUT2D eigenvalue weighted by Crippen LogP contribution is 2.29. The SMILES string of the molecule is C=C(OCC)C(=O)OCCOc1ccccc1-c1ccccc1.C=CC(=O)O. The Morgan fingerprint density at radius 2 is 1.61 bits per heavy atom. The largest absolute Gasteiger partial charge is 0.489 e. The number of hydrogen-bond acceptors (Lipinski definition) is 5. The zero-order valence-electron chi connectivity index (χ0n) is 15.8. The van der Waals surface area contributed by atoms with Gasteiger partial charge in [0.25, 0.3) is 0 Å². The summed E-state index contributed by atoms with van der Waals surface area (Å²) in [5.74, 6) is -0.785. The molecule has 2 rings (SSSR count). The van der Waals surface area contributed by atoms with Gasteiger partial charge in [0.15, 0.2) is 5.76 Å². The summed E-state index contributed by atoms with van der Waals surface area (Å²) >= 11 is 0. The predicted octanol–water partition coefficient (Wildman–Crippen LogP) is 4.08. The molecule has 6 heteroatoms. The lowest BCUT2D eigenvalue weighted by Crippen LogP contribution is -2.15. The molecule has 0 heterocycles. The number of benzene rings is 2. The van der Waals surface area contributed by atoms with Crippen molar-refractivity contribution < 1.29 is 28.9 Å². The Labute approximate surface area is 164 Å². The van der Waals surface area contributed by atoms with Crippen LogP contribution in [0.5, 0.6) is 5.75 Å². The summed E-state index contributed by atoms with van der Waals surface area (Å²) in [5, 5.41) is 7.60. The van der Waals surface area contributed by atoms with Crippen molar-refractivity contribution in [2.45, 2.75) is 6.92 Å². The van der Waals surface area contributed by atoms with E-state index in [2.05, 4.69) is 13.2 Å². The number of hydrogen-bond donors (Lipinski definition) is 1. The van der Waals surface area contributed by atoms with Gasteiger partial charge in [-0.25, -0.2) is 9.59 Å². The van der Waals surface area contributed by atoms with Gasteiger partial charge in [0.1, 0.15) is 19.0 Å². The first-order valence-electron chi connectivity index (χ1n) is 8.61. The topological polar surface area (TPSA) is 82.1 Å². The van der Waals surface area contributed by atoms with Crippen molar-refractivity contribution in [3.05, 3.63) is 79.6 Å². The molecular weight excluding hydrogens is 360 g/mol. The van der Waals surface area contributed by atoms with E-state index in [-0.39, 0.29) is 19.0 Å². The van der Waals surface area contributed by atoms with Crippen LogP contribution in [-0.2, 0) is 19.1 Å². The molecule has 0 spiro atoms. The van der Waals surface area contributed by atoms with Crippen LogP contribution in [0.3, 0.4) is 0 Å². The fourth-order valence-electron chi connectivity index (χ4n) is 2.05. The van der Waals surface area contributed by atoms with Crippen LogP contribution >= 0.6 is 0 Å². The molecule has 28 heavy (non-hydrogen) atoms. The van der Waals surface area contributed by atoms with E-state index in [9.17, 15) is 9.59 Å². The highest BCUT2D eigenvalue weighted by Gasteiger charge is 2.10. The molecule has 0 unspecified atom stereocenters. The third-order valence-corrected chi connectivity index (χ3v) is 3.27. The fourth-order valence-corrected chi connectivity index (χ4v) is 2.05. The Hall–Kier alpha value is -3.54. The lowest BCUT2D eigenvalue weighted by Gasteiger charge is -2.12. The third-order valence-electron chi connectivity index (χ3n) is 3.27. The van der Waals surface area contributed by atoms with Crippen LogP contribution in [-0.4, -0.2) is 36.9 Å². The number of carbonyl (C=O) groups excluding carboxylic acids is 1. The number of esters is 1. The molecule has 6 nitrogen and oxygen atoms in total. The lowest BCUT2D eigenvalue weighted by molar-refractivity contribution is -0.143. The molecule has 0 aliphatic heterocycles. The molecule has 0 atom stereocenters. The normalized spacial score (nSPS) is 9.32. The van der Waals surface area contributed by atoms with Gasteiger partial charge in [0.2, 0.25) is 0 Å². The van der Waals surface area contributed by atoms with Gasteiger partial charge in [0.05, 0.1) is 6.61 Å². The first-order valence-corrected chi connectivity index (χ1v) is 8.61. The van der Waals surface area contributed by atoms with Gasteiger partial charge >= 0.3 is 11.9 Å². The molecule has 0 aromatic heterocycles. The van der Waals surface area contributed by atoms with E-state index in [1.54, 1.807) is 6.92 Å². The smallest absolute Gasteiger partial charge is 0.373 e. The summed E-state index contributed by atoms with van der Waals surface area (Å²) < 4.78 is 15.8. The predicted molar refractivity (Wildman–Crippen MR) is 107 cm³/mol. The number of carbonyl (C=O) groups is 2. The van der Waals surface area contributed by atoms with Crippen LogP contribution in [0.4, 0.5) is 0 Å². The number of para-hydroxylation sites is 1. The molecule has 0 saturated heterocycles. The van der Waals surface area contributed by atoms with Crippen LogP contribution in [0.1, 0.15) is 6.92 Å². The molecule has 1 N–H and O–H groups in total. The van der Waals surface area contributed by atoms with Crippen molar-refractivity contribution in [3.63, 3.8) is 0 Å². The van der Waals surface area contributed by atoms with Crippen LogP contribution in [0.15, 0.2) is 79.6 Å². The standard InChI is InChI=1S/C19H20O4.C3H4O2/c1-3-21-15(2)19(20)23-14-13-22-18-12-8-7-11-17(18)16-9-5-4-6-10-16;1-2-3(4)5/h4-12H,2-3,13-14H2,1H3;2H,1H2,(H,4,5). The van der Waals surface area contributed by atoms with Gasteiger partial charge in [-0.15, -0.1) is 0 Å². The average Bonchev–Trinajstić information content (AvgIpc) is 2.72. The van der Waals surface area contributed by atoms with E-state index < -0.39 is 11.9 Å². The van der Waals surface area contributed by atoms with Gasteiger partial charge in [-0.3, -0.25) is 0 Å². The summed E-state index contributed by atoms with van der Waals surface area (Å²) in [4.78, 5) is 20.8. The Bertz CT molecular complexity index is 783. The number of aliphatic carboxylic acids is 1. The minimum absolute atomic E-state index is 0.0113. The van der Waals surface area contributed by atoms with Crippen molar-refractivity contribution in [2.75, 3.05) is 19.8 Å². The molecule has 0 amide bonds. The second-order valence-electron chi connectivity index (χ2n) is 5.25. The molecular formula is C22H24O6. The van der Waals surface area contributed by atoms with Crippen molar-refractivity contribution in [1.82, 2.24) is 0 Å². The molecule has 0 bridgehead atoms. The fraction of sp³-hybridized carbons (Fsp3) is 0.182. The van der Waals surface area contributed by atoms with Gasteiger partial charge in [-0.2, -0.15) is 0 Å². The monoisotopic (exact) mass is 384 g/mol. The minimum atomic E-state index is -0.981. The van der Waals surface area contributed by atoms with Crippen molar-refractivity contribution >= 4 is 11.9 Å². The number of carboxylic acid groups (broad SMARTS) is 1.